The molecule has 0 bridgehead atoms. The van der Waals surface area contributed by atoms with E-state index in [0.29, 0.717) is 17.1 Å². The summed E-state index contributed by atoms with van der Waals surface area (Å²) < 4.78 is 55.1. The summed E-state index contributed by atoms with van der Waals surface area (Å²) in [6, 6.07) is 2.76. The summed E-state index contributed by atoms with van der Waals surface area (Å²) in [6.45, 7) is 14.7. The Morgan fingerprint density at radius 1 is 1.09 bits per heavy atom. The first-order chi connectivity index (χ1) is 16.1. The van der Waals surface area contributed by atoms with Gasteiger partial charge in [0.2, 0.25) is 13.0 Å². The number of rotatable bonds is 3. The molecule has 0 amide bonds. The molecule has 184 valence electrons. The van der Waals surface area contributed by atoms with Crippen molar-refractivity contribution in [3.05, 3.63) is 23.3 Å². The molecular weight excluding hydrogens is 442 g/mol. The maximum absolute atomic E-state index is 11.3. The van der Waals surface area contributed by atoms with Gasteiger partial charge in [0.05, 0.1) is 12.0 Å². The zero-order chi connectivity index (χ0) is 25.7. The lowest BCUT2D eigenvalue weighted by Crippen LogP contribution is -2.98. The molecular formula is C24H38NO7Si+. The van der Waals surface area contributed by atoms with Gasteiger partial charge in [-0.3, -0.25) is 0 Å². The number of fused-ring (bicyclic) bond motifs is 6. The van der Waals surface area contributed by atoms with Crippen molar-refractivity contribution in [2.24, 2.45) is 0 Å². The molecule has 0 radical (unpaired) electrons. The number of benzene rings is 1. The van der Waals surface area contributed by atoms with Crippen LogP contribution in [-0.4, -0.2) is 63.6 Å². The van der Waals surface area contributed by atoms with Crippen molar-refractivity contribution in [1.82, 2.24) is 0 Å². The molecule has 0 spiro atoms. The maximum atomic E-state index is 11.3. The number of hydrogen-bond donors (Lipinski definition) is 2. The van der Waals surface area contributed by atoms with Crippen LogP contribution < -0.4 is 14.8 Å². The van der Waals surface area contributed by atoms with Crippen LogP contribution in [0.2, 0.25) is 21.0 Å². The van der Waals surface area contributed by atoms with Crippen molar-refractivity contribution < 1.29 is 41.3 Å². The number of methoxy groups -OCH3 is 1. The van der Waals surface area contributed by atoms with E-state index in [-0.39, 0.29) is 11.8 Å². The molecule has 4 aliphatic rings. The Morgan fingerprint density at radius 2 is 1.70 bits per heavy atom. The first-order valence-electron chi connectivity index (χ1n) is 12.6. The Bertz CT molecular complexity index is 1010. The molecule has 5 rings (SSSR count). The molecule has 3 N–H and O–H groups in total. The molecule has 2 fully saturated rings. The van der Waals surface area contributed by atoms with Crippen LogP contribution in [0.1, 0.15) is 57.9 Å². The summed E-state index contributed by atoms with van der Waals surface area (Å²) in [7, 11) is -0.649. The van der Waals surface area contributed by atoms with E-state index in [1.165, 1.54) is 0 Å². The smallest absolute Gasteiger partial charge is 0.349 e. The average molecular weight is 485 g/mol. The average Bonchev–Trinajstić information content (AvgIpc) is 3.32. The SMILES string of the molecule is [3H][N+]1([3H])C(O)c2cc3c(cc2[C@H]2[C@@H](OC)[C@H](O[Si](C)(C)C(C)(C)C)[C@H]4OC(C)(C)O[C@H]4[C@@H]21)OCO3. The van der Waals surface area contributed by atoms with Crippen molar-refractivity contribution in [3.8, 4) is 11.5 Å². The molecule has 3 heterocycles. The van der Waals surface area contributed by atoms with Crippen LogP contribution in [0.15, 0.2) is 12.1 Å². The number of aliphatic hydroxyl groups is 1. The predicted molar refractivity (Wildman–Crippen MR) is 123 cm³/mol. The van der Waals surface area contributed by atoms with E-state index in [1.54, 1.807) is 13.2 Å². The van der Waals surface area contributed by atoms with Gasteiger partial charge in [-0.05, 0) is 49.7 Å². The lowest BCUT2D eigenvalue weighted by Gasteiger charge is -2.51. The Labute approximate surface area is 199 Å². The largest absolute Gasteiger partial charge is 0.454 e. The predicted octanol–water partition coefficient (Wildman–Crippen LogP) is 2.37. The number of nitrogens with two attached hydrogens (primary N) is 1. The summed E-state index contributed by atoms with van der Waals surface area (Å²) in [4.78, 5) is 0. The highest BCUT2D eigenvalue weighted by Gasteiger charge is 2.64. The first-order valence-corrected chi connectivity index (χ1v) is 14.6. The zero-order valence-electron chi connectivity index (χ0n) is 22.7. The van der Waals surface area contributed by atoms with E-state index in [0.717, 1.165) is 5.56 Å². The van der Waals surface area contributed by atoms with E-state index in [2.05, 4.69) is 33.9 Å². The quantitative estimate of drug-likeness (QED) is 0.637. The molecule has 33 heavy (non-hydrogen) atoms. The summed E-state index contributed by atoms with van der Waals surface area (Å²) in [5.41, 5.74) is 1.23. The van der Waals surface area contributed by atoms with Gasteiger partial charge in [-0.15, -0.1) is 0 Å². The van der Waals surface area contributed by atoms with Crippen LogP contribution in [0.5, 0.6) is 11.5 Å². The molecule has 7 atom stereocenters. The summed E-state index contributed by atoms with van der Waals surface area (Å²) in [5.74, 6) is -0.332. The van der Waals surface area contributed by atoms with Crippen LogP contribution in [0.25, 0.3) is 0 Å². The van der Waals surface area contributed by atoms with E-state index in [4.69, 9.17) is 30.9 Å². The minimum Gasteiger partial charge on any atom is -0.454 e. The number of quaternary nitrogens is 1. The van der Waals surface area contributed by atoms with Gasteiger partial charge in [-0.2, -0.15) is 0 Å². The van der Waals surface area contributed by atoms with Gasteiger partial charge in [-0.1, -0.05) is 20.8 Å². The van der Waals surface area contributed by atoms with Gasteiger partial charge in [0.15, 0.2) is 25.6 Å². The van der Waals surface area contributed by atoms with Gasteiger partial charge >= 0.3 is 2.82 Å². The summed E-state index contributed by atoms with van der Waals surface area (Å²) >= 11 is 0. The highest BCUT2D eigenvalue weighted by molar-refractivity contribution is 6.74. The molecule has 3 aliphatic heterocycles. The van der Waals surface area contributed by atoms with Crippen molar-refractivity contribution in [2.45, 2.75) is 101 Å². The van der Waals surface area contributed by atoms with Crippen molar-refractivity contribution >= 4 is 8.32 Å². The standard InChI is InChI=1S/C24H37NO7Si/c1-23(2,3)33(7,8)32-21-18(27-6)16-12-9-14-15(29-11-28-14)10-13(12)22(26)25-17(16)19-20(21)31-24(4,5)30-19/h9-10,16-22,25-26H,11H2,1-8H3/p+1/t16-,17-,18-,19+,20+,21+,22?/m1/s1/i/hT2. The highest BCUT2D eigenvalue weighted by atomic mass is 28.4. The molecule has 1 saturated heterocycles. The fourth-order valence-electron chi connectivity index (χ4n) is 5.32. The van der Waals surface area contributed by atoms with Crippen LogP contribution in [0, 0.1) is 0 Å². The fraction of sp³-hybridized carbons (Fsp3) is 0.750. The van der Waals surface area contributed by atoms with Gasteiger partial charge in [-0.25, -0.2) is 0 Å². The second-order valence-corrected chi connectivity index (χ2v) is 16.2. The van der Waals surface area contributed by atoms with Crippen LogP contribution in [-0.2, 0) is 18.6 Å². The van der Waals surface area contributed by atoms with Gasteiger partial charge in [0.25, 0.3) is 0 Å². The molecule has 8 nitrogen and oxygen atoms in total. The van der Waals surface area contributed by atoms with Crippen molar-refractivity contribution in [3.63, 3.8) is 0 Å². The molecule has 1 saturated carbocycles. The van der Waals surface area contributed by atoms with Gasteiger partial charge in [0, 0.05) is 12.7 Å². The van der Waals surface area contributed by atoms with Crippen LogP contribution >= 0.6 is 0 Å². The second-order valence-electron chi connectivity index (χ2n) is 11.5. The third-order valence-corrected chi connectivity index (χ3v) is 12.4. The van der Waals surface area contributed by atoms with E-state index in [9.17, 15) is 5.11 Å². The zero-order valence-corrected chi connectivity index (χ0v) is 21.7. The second kappa shape index (κ2) is 7.65. The topological polar surface area (TPSA) is 92.2 Å². The Hall–Kier alpha value is -1.20. The van der Waals surface area contributed by atoms with Crippen LogP contribution in [0.4, 0.5) is 0 Å². The Balaban J connectivity index is 1.69. The molecule has 1 aliphatic carbocycles. The molecule has 9 heteroatoms. The maximum Gasteiger partial charge on any atom is 0.349 e. The number of aliphatic hydroxyl groups excluding tert-OH is 1. The van der Waals surface area contributed by atoms with Gasteiger partial charge < -0.3 is 38.5 Å². The van der Waals surface area contributed by atoms with E-state index in [1.807, 2.05) is 19.9 Å². The highest BCUT2D eigenvalue weighted by Crippen LogP contribution is 2.50. The summed E-state index contributed by atoms with van der Waals surface area (Å²) in [6.07, 6.45) is -3.65. The lowest BCUT2D eigenvalue weighted by atomic mass is 9.70. The fourth-order valence-corrected chi connectivity index (χ4v) is 6.63. The monoisotopic (exact) mass is 484 g/mol. The molecule has 1 aromatic rings. The van der Waals surface area contributed by atoms with E-state index >= 15 is 0 Å². The third-order valence-electron chi connectivity index (χ3n) is 7.91. The van der Waals surface area contributed by atoms with Gasteiger partial charge in [0.1, 0.15) is 24.4 Å². The van der Waals surface area contributed by atoms with Crippen molar-refractivity contribution in [2.75, 3.05) is 13.9 Å². The minimum absolute atomic E-state index is 0.0516. The summed E-state index contributed by atoms with van der Waals surface area (Å²) in [5, 5.41) is 10.0. The van der Waals surface area contributed by atoms with Crippen molar-refractivity contribution in [1.29, 1.82) is 0 Å². The number of ether oxygens (including phenoxy) is 5. The Morgan fingerprint density at radius 3 is 2.30 bits per heavy atom. The van der Waals surface area contributed by atoms with Crippen LogP contribution in [0.3, 0.4) is 0 Å². The lowest BCUT2D eigenvalue weighted by molar-refractivity contribution is -0.775. The number of hydrogen-bond acceptors (Lipinski definition) is 7. The first kappa shape index (κ1) is 21.1. The molecule has 1 unspecified atom stereocenters. The molecule has 1 aromatic carbocycles. The normalized spacial score (nSPS) is 39.2. The molecule has 0 aromatic heterocycles. The Kier molecular flexibility index (Phi) is 4.89. The van der Waals surface area contributed by atoms with E-state index < -0.39 is 62.0 Å². The third kappa shape index (κ3) is 3.73. The minimum atomic E-state index is -2.28.